The molecule has 0 fully saturated rings. The second-order valence-electron chi connectivity index (χ2n) is 3.71. The summed E-state index contributed by atoms with van der Waals surface area (Å²) in [6, 6.07) is 15.6. The number of hydrogen-bond acceptors (Lipinski definition) is 2. The molecule has 2 aromatic rings. The monoisotopic (exact) mass is 310 g/mol. The van der Waals surface area contributed by atoms with E-state index in [2.05, 4.69) is 21.4 Å². The van der Waals surface area contributed by atoms with Crippen LogP contribution in [0.3, 0.4) is 0 Å². The molecule has 0 saturated heterocycles. The highest BCUT2D eigenvalue weighted by atomic mass is 79.9. The highest BCUT2D eigenvalue weighted by Crippen LogP contribution is 2.24. The van der Waals surface area contributed by atoms with E-state index in [9.17, 15) is 0 Å². The molecule has 0 spiro atoms. The molecular formula is C13H12BrClN2. The standard InChI is InChI=1S/C13H12BrClN2/c14-11-6-4-9(5-7-11)13(17-16)10-2-1-3-12(15)8-10/h1-8,13,17H,16H2. The quantitative estimate of drug-likeness (QED) is 0.670. The van der Waals surface area contributed by atoms with Crippen LogP contribution < -0.4 is 11.3 Å². The first-order valence-corrected chi connectivity index (χ1v) is 6.35. The molecular weight excluding hydrogens is 300 g/mol. The van der Waals surface area contributed by atoms with Crippen LogP contribution in [-0.4, -0.2) is 0 Å². The minimum absolute atomic E-state index is 0.0539. The Kier molecular flexibility index (Phi) is 4.18. The minimum Gasteiger partial charge on any atom is -0.271 e. The van der Waals surface area contributed by atoms with Gasteiger partial charge in [-0.05, 0) is 35.4 Å². The molecule has 17 heavy (non-hydrogen) atoms. The molecule has 4 heteroatoms. The first-order chi connectivity index (χ1) is 8.20. The second kappa shape index (κ2) is 5.65. The average Bonchev–Trinajstić information content (AvgIpc) is 2.33. The summed E-state index contributed by atoms with van der Waals surface area (Å²) in [5, 5.41) is 0.708. The lowest BCUT2D eigenvalue weighted by Gasteiger charge is -2.17. The molecule has 2 aromatic carbocycles. The maximum absolute atomic E-state index is 5.98. The molecule has 0 saturated carbocycles. The number of nitrogens with one attached hydrogen (secondary N) is 1. The number of nitrogens with two attached hydrogens (primary N) is 1. The Labute approximate surface area is 114 Å². The minimum atomic E-state index is -0.0539. The molecule has 0 aliphatic rings. The molecule has 0 radical (unpaired) electrons. The molecule has 88 valence electrons. The topological polar surface area (TPSA) is 38.0 Å². The first-order valence-electron chi connectivity index (χ1n) is 5.18. The Morgan fingerprint density at radius 1 is 1.06 bits per heavy atom. The van der Waals surface area contributed by atoms with E-state index in [0.717, 1.165) is 15.6 Å². The van der Waals surface area contributed by atoms with Gasteiger partial charge < -0.3 is 0 Å². The lowest BCUT2D eigenvalue weighted by Crippen LogP contribution is -2.28. The fourth-order valence-corrected chi connectivity index (χ4v) is 2.19. The fourth-order valence-electron chi connectivity index (χ4n) is 1.73. The number of hydrazine groups is 1. The Balaban J connectivity index is 2.36. The summed E-state index contributed by atoms with van der Waals surface area (Å²) < 4.78 is 1.04. The van der Waals surface area contributed by atoms with Crippen molar-refractivity contribution in [2.75, 3.05) is 0 Å². The number of halogens is 2. The summed E-state index contributed by atoms with van der Waals surface area (Å²) in [6.45, 7) is 0. The van der Waals surface area contributed by atoms with Crippen LogP contribution in [0.2, 0.25) is 5.02 Å². The van der Waals surface area contributed by atoms with E-state index in [1.165, 1.54) is 0 Å². The van der Waals surface area contributed by atoms with Crippen molar-refractivity contribution in [2.24, 2.45) is 5.84 Å². The van der Waals surface area contributed by atoms with E-state index in [1.807, 2.05) is 48.5 Å². The Morgan fingerprint density at radius 3 is 2.35 bits per heavy atom. The van der Waals surface area contributed by atoms with Gasteiger partial charge in [-0.3, -0.25) is 5.84 Å². The first kappa shape index (κ1) is 12.6. The van der Waals surface area contributed by atoms with Crippen LogP contribution in [0.4, 0.5) is 0 Å². The van der Waals surface area contributed by atoms with Gasteiger partial charge in [-0.2, -0.15) is 0 Å². The average molecular weight is 312 g/mol. The Bertz CT molecular complexity index is 499. The lowest BCUT2D eigenvalue weighted by molar-refractivity contribution is 0.637. The highest BCUT2D eigenvalue weighted by Gasteiger charge is 2.12. The molecule has 0 heterocycles. The highest BCUT2D eigenvalue weighted by molar-refractivity contribution is 9.10. The van der Waals surface area contributed by atoms with Gasteiger partial charge in [0.15, 0.2) is 0 Å². The molecule has 0 aliphatic heterocycles. The van der Waals surface area contributed by atoms with E-state index in [1.54, 1.807) is 0 Å². The molecule has 0 aromatic heterocycles. The molecule has 0 bridgehead atoms. The third-order valence-corrected chi connectivity index (χ3v) is 3.32. The SMILES string of the molecule is NNC(c1ccc(Br)cc1)c1cccc(Cl)c1. The third kappa shape index (κ3) is 3.07. The largest absolute Gasteiger partial charge is 0.271 e. The summed E-state index contributed by atoms with van der Waals surface area (Å²) in [5.74, 6) is 5.62. The Morgan fingerprint density at radius 2 is 1.76 bits per heavy atom. The van der Waals surface area contributed by atoms with Crippen LogP contribution in [0.5, 0.6) is 0 Å². The zero-order valence-electron chi connectivity index (χ0n) is 9.03. The van der Waals surface area contributed by atoms with E-state index >= 15 is 0 Å². The molecule has 0 amide bonds. The van der Waals surface area contributed by atoms with Crippen molar-refractivity contribution in [2.45, 2.75) is 6.04 Å². The van der Waals surface area contributed by atoms with Crippen molar-refractivity contribution in [1.82, 2.24) is 5.43 Å². The molecule has 3 N–H and O–H groups in total. The van der Waals surface area contributed by atoms with Gasteiger partial charge in [0, 0.05) is 9.50 Å². The maximum Gasteiger partial charge on any atom is 0.0710 e. The maximum atomic E-state index is 5.98. The van der Waals surface area contributed by atoms with Crippen LogP contribution in [0, 0.1) is 0 Å². The summed E-state index contributed by atoms with van der Waals surface area (Å²) in [5.41, 5.74) is 4.95. The molecule has 2 rings (SSSR count). The summed E-state index contributed by atoms with van der Waals surface area (Å²) in [6.07, 6.45) is 0. The zero-order valence-corrected chi connectivity index (χ0v) is 11.4. The molecule has 0 aliphatic carbocycles. The summed E-state index contributed by atoms with van der Waals surface area (Å²) in [7, 11) is 0. The van der Waals surface area contributed by atoms with Crippen molar-refractivity contribution in [3.63, 3.8) is 0 Å². The van der Waals surface area contributed by atoms with Gasteiger partial charge in [0.25, 0.3) is 0 Å². The summed E-state index contributed by atoms with van der Waals surface area (Å²) in [4.78, 5) is 0. The number of benzene rings is 2. The van der Waals surface area contributed by atoms with Crippen LogP contribution >= 0.6 is 27.5 Å². The molecule has 2 nitrogen and oxygen atoms in total. The van der Waals surface area contributed by atoms with Crippen LogP contribution in [0.1, 0.15) is 17.2 Å². The predicted molar refractivity (Wildman–Crippen MR) is 74.8 cm³/mol. The van der Waals surface area contributed by atoms with Crippen molar-refractivity contribution in [3.05, 3.63) is 69.2 Å². The second-order valence-corrected chi connectivity index (χ2v) is 5.06. The van der Waals surface area contributed by atoms with Gasteiger partial charge in [0.05, 0.1) is 6.04 Å². The van der Waals surface area contributed by atoms with Crippen molar-refractivity contribution in [1.29, 1.82) is 0 Å². The van der Waals surface area contributed by atoms with E-state index in [0.29, 0.717) is 5.02 Å². The lowest BCUT2D eigenvalue weighted by atomic mass is 9.99. The zero-order chi connectivity index (χ0) is 12.3. The van der Waals surface area contributed by atoms with Crippen LogP contribution in [0.25, 0.3) is 0 Å². The fraction of sp³-hybridized carbons (Fsp3) is 0.0769. The van der Waals surface area contributed by atoms with Gasteiger partial charge in [0.2, 0.25) is 0 Å². The van der Waals surface area contributed by atoms with Crippen LogP contribution in [0.15, 0.2) is 53.0 Å². The van der Waals surface area contributed by atoms with Crippen LogP contribution in [-0.2, 0) is 0 Å². The van der Waals surface area contributed by atoms with Crippen molar-refractivity contribution < 1.29 is 0 Å². The van der Waals surface area contributed by atoms with Gasteiger partial charge in [-0.15, -0.1) is 0 Å². The van der Waals surface area contributed by atoms with Gasteiger partial charge in [-0.1, -0.05) is 51.8 Å². The van der Waals surface area contributed by atoms with Crippen molar-refractivity contribution >= 4 is 27.5 Å². The van der Waals surface area contributed by atoms with E-state index < -0.39 is 0 Å². The number of hydrogen-bond donors (Lipinski definition) is 2. The molecule has 1 unspecified atom stereocenters. The van der Waals surface area contributed by atoms with Gasteiger partial charge in [0.1, 0.15) is 0 Å². The predicted octanol–water partition coefficient (Wildman–Crippen LogP) is 3.66. The van der Waals surface area contributed by atoms with E-state index in [-0.39, 0.29) is 6.04 Å². The van der Waals surface area contributed by atoms with Gasteiger partial charge >= 0.3 is 0 Å². The van der Waals surface area contributed by atoms with E-state index in [4.69, 9.17) is 17.4 Å². The van der Waals surface area contributed by atoms with Gasteiger partial charge in [-0.25, -0.2) is 5.43 Å². The molecule has 1 atom stereocenters. The number of rotatable bonds is 3. The normalized spacial score (nSPS) is 12.4. The third-order valence-electron chi connectivity index (χ3n) is 2.55. The van der Waals surface area contributed by atoms with Crippen molar-refractivity contribution in [3.8, 4) is 0 Å². The summed E-state index contributed by atoms with van der Waals surface area (Å²) >= 11 is 9.39. The Hall–Kier alpha value is -0.870. The smallest absolute Gasteiger partial charge is 0.0710 e.